The number of benzene rings is 1. The van der Waals surface area contributed by atoms with Crippen molar-refractivity contribution < 1.29 is 9.59 Å². The molecule has 0 spiro atoms. The maximum atomic E-state index is 13.9. The molecule has 3 rings (SSSR count). The molecule has 1 fully saturated rings. The zero-order valence-electron chi connectivity index (χ0n) is 22.1. The molecule has 2 amide bonds. The van der Waals surface area contributed by atoms with Crippen LogP contribution in [0.1, 0.15) is 84.4 Å². The van der Waals surface area contributed by atoms with Crippen LogP contribution >= 0.6 is 15.9 Å². The average molecular weight is 545 g/mol. The summed E-state index contributed by atoms with van der Waals surface area (Å²) in [6.07, 6.45) is 8.55. The highest BCUT2D eigenvalue weighted by Crippen LogP contribution is 2.26. The second kappa shape index (κ2) is 12.2. The first kappa shape index (κ1) is 27.5. The van der Waals surface area contributed by atoms with E-state index in [9.17, 15) is 9.59 Å². The topological polar surface area (TPSA) is 45.6 Å². The van der Waals surface area contributed by atoms with Crippen molar-refractivity contribution in [1.29, 1.82) is 0 Å². The summed E-state index contributed by atoms with van der Waals surface area (Å²) < 4.78 is 3.30. The summed E-state index contributed by atoms with van der Waals surface area (Å²) in [5.41, 5.74) is 1.84. The van der Waals surface area contributed by atoms with E-state index in [0.29, 0.717) is 6.54 Å². The predicted molar refractivity (Wildman–Crippen MR) is 146 cm³/mol. The molecular formula is C29H42BrN3O2. The zero-order valence-corrected chi connectivity index (χ0v) is 23.7. The standard InChI is InChI=1S/C29H42BrN3O2/c1-6-22(2)32(28(35)29(3,4)5)21-27(34)33(25-11-8-7-9-12-25)20-26-13-10-18-31(26)19-23-14-16-24(30)17-15-23/h10,13-18,22,25H,6-9,11-12,19-21H2,1-5H3. The van der Waals surface area contributed by atoms with E-state index in [1.54, 1.807) is 4.90 Å². The van der Waals surface area contributed by atoms with E-state index in [2.05, 4.69) is 74.9 Å². The first-order valence-electron chi connectivity index (χ1n) is 13.1. The smallest absolute Gasteiger partial charge is 0.242 e. The number of carbonyl (C=O) groups excluding carboxylic acids is 2. The van der Waals surface area contributed by atoms with Crippen molar-refractivity contribution in [1.82, 2.24) is 14.4 Å². The predicted octanol–water partition coefficient (Wildman–Crippen LogP) is 6.63. The third-order valence-electron chi connectivity index (χ3n) is 7.19. The van der Waals surface area contributed by atoms with E-state index in [0.717, 1.165) is 48.8 Å². The van der Waals surface area contributed by atoms with Gasteiger partial charge in [-0.1, -0.05) is 75.0 Å². The van der Waals surface area contributed by atoms with E-state index in [-0.39, 0.29) is 30.4 Å². The minimum absolute atomic E-state index is 0.0279. The third kappa shape index (κ3) is 7.45. The minimum atomic E-state index is -0.515. The van der Waals surface area contributed by atoms with Crippen LogP contribution in [0.2, 0.25) is 0 Å². The van der Waals surface area contributed by atoms with Crippen LogP contribution in [0.15, 0.2) is 47.1 Å². The van der Waals surface area contributed by atoms with Crippen LogP contribution in [0, 0.1) is 5.41 Å². The lowest BCUT2D eigenvalue weighted by Gasteiger charge is -2.38. The van der Waals surface area contributed by atoms with E-state index in [1.807, 2.05) is 27.7 Å². The summed E-state index contributed by atoms with van der Waals surface area (Å²) in [4.78, 5) is 31.0. The van der Waals surface area contributed by atoms with Gasteiger partial charge in [0.05, 0.1) is 6.54 Å². The molecule has 192 valence electrons. The molecule has 0 N–H and O–H groups in total. The van der Waals surface area contributed by atoms with Crippen molar-refractivity contribution in [2.24, 2.45) is 5.41 Å². The average Bonchev–Trinajstić information content (AvgIpc) is 3.27. The fourth-order valence-electron chi connectivity index (χ4n) is 4.84. The molecule has 2 aromatic rings. The maximum Gasteiger partial charge on any atom is 0.242 e. The van der Waals surface area contributed by atoms with E-state index < -0.39 is 5.41 Å². The summed E-state index contributed by atoms with van der Waals surface area (Å²) in [6, 6.07) is 12.8. The molecule has 1 aromatic carbocycles. The Kier molecular flexibility index (Phi) is 9.62. The Morgan fingerprint density at radius 3 is 2.34 bits per heavy atom. The van der Waals surface area contributed by atoms with E-state index in [1.165, 1.54) is 12.0 Å². The van der Waals surface area contributed by atoms with Crippen molar-refractivity contribution in [3.05, 3.63) is 58.3 Å². The molecule has 0 radical (unpaired) electrons. The van der Waals surface area contributed by atoms with Crippen LogP contribution < -0.4 is 0 Å². The van der Waals surface area contributed by atoms with Crippen LogP contribution in [0.3, 0.4) is 0 Å². The third-order valence-corrected chi connectivity index (χ3v) is 7.72. The van der Waals surface area contributed by atoms with Gasteiger partial charge in [-0.3, -0.25) is 9.59 Å². The number of hydrogen-bond acceptors (Lipinski definition) is 2. The van der Waals surface area contributed by atoms with Crippen molar-refractivity contribution in [3.8, 4) is 0 Å². The van der Waals surface area contributed by atoms with Gasteiger partial charge in [0.1, 0.15) is 6.54 Å². The fourth-order valence-corrected chi connectivity index (χ4v) is 5.10. The second-order valence-corrected chi connectivity index (χ2v) is 11.9. The number of halogens is 1. The van der Waals surface area contributed by atoms with Gasteiger partial charge in [0.15, 0.2) is 0 Å². The molecule has 35 heavy (non-hydrogen) atoms. The van der Waals surface area contributed by atoms with Crippen LogP contribution in [0.25, 0.3) is 0 Å². The van der Waals surface area contributed by atoms with Crippen LogP contribution in [-0.2, 0) is 22.7 Å². The number of nitrogens with zero attached hydrogens (tertiary/aromatic N) is 3. The molecule has 0 bridgehead atoms. The quantitative estimate of drug-likeness (QED) is 0.356. The van der Waals surface area contributed by atoms with E-state index in [4.69, 9.17) is 0 Å². The lowest BCUT2D eigenvalue weighted by molar-refractivity contribution is -0.149. The number of carbonyl (C=O) groups is 2. The second-order valence-electron chi connectivity index (χ2n) is 11.0. The lowest BCUT2D eigenvalue weighted by Crippen LogP contribution is -2.52. The van der Waals surface area contributed by atoms with Gasteiger partial charge in [-0.25, -0.2) is 0 Å². The summed E-state index contributed by atoms with van der Waals surface area (Å²) in [7, 11) is 0. The van der Waals surface area contributed by atoms with Gasteiger partial charge in [-0.05, 0) is 56.0 Å². The number of hydrogen-bond donors (Lipinski definition) is 0. The molecule has 1 aliphatic rings. The molecule has 0 aliphatic heterocycles. The molecular weight excluding hydrogens is 502 g/mol. The van der Waals surface area contributed by atoms with Gasteiger partial charge in [-0.15, -0.1) is 0 Å². The summed E-state index contributed by atoms with van der Waals surface area (Å²) in [6.45, 7) is 11.4. The molecule has 0 saturated heterocycles. The van der Waals surface area contributed by atoms with Crippen LogP contribution in [-0.4, -0.2) is 44.8 Å². The lowest BCUT2D eigenvalue weighted by atomic mass is 9.93. The molecule has 1 saturated carbocycles. The van der Waals surface area contributed by atoms with Crippen molar-refractivity contribution in [3.63, 3.8) is 0 Å². The summed E-state index contributed by atoms with van der Waals surface area (Å²) in [5, 5.41) is 0. The molecule has 1 aliphatic carbocycles. The van der Waals surface area contributed by atoms with E-state index >= 15 is 0 Å². The van der Waals surface area contributed by atoms with Gasteiger partial charge in [-0.2, -0.15) is 0 Å². The molecule has 5 nitrogen and oxygen atoms in total. The Morgan fingerprint density at radius 2 is 1.74 bits per heavy atom. The SMILES string of the molecule is CCC(C)N(CC(=O)N(Cc1cccn1Cc1ccc(Br)cc1)C1CCCCC1)C(=O)C(C)(C)C. The molecule has 1 unspecified atom stereocenters. The summed E-state index contributed by atoms with van der Waals surface area (Å²) in [5.74, 6) is 0.105. The van der Waals surface area contributed by atoms with Gasteiger partial charge in [0.25, 0.3) is 0 Å². The van der Waals surface area contributed by atoms with Crippen molar-refractivity contribution in [2.45, 2.75) is 98.3 Å². The Bertz CT molecular complexity index is 971. The molecule has 6 heteroatoms. The molecule has 1 atom stereocenters. The number of rotatable bonds is 9. The Morgan fingerprint density at radius 1 is 1.09 bits per heavy atom. The van der Waals surface area contributed by atoms with Crippen molar-refractivity contribution >= 4 is 27.7 Å². The van der Waals surface area contributed by atoms with Crippen LogP contribution in [0.5, 0.6) is 0 Å². The van der Waals surface area contributed by atoms with Crippen LogP contribution in [0.4, 0.5) is 0 Å². The zero-order chi connectivity index (χ0) is 25.6. The summed E-state index contributed by atoms with van der Waals surface area (Å²) >= 11 is 3.51. The highest BCUT2D eigenvalue weighted by molar-refractivity contribution is 9.10. The largest absolute Gasteiger partial charge is 0.345 e. The highest BCUT2D eigenvalue weighted by Gasteiger charge is 2.34. The fraction of sp³-hybridized carbons (Fsp3) is 0.586. The van der Waals surface area contributed by atoms with Gasteiger partial charge in [0, 0.05) is 40.4 Å². The first-order valence-corrected chi connectivity index (χ1v) is 13.9. The molecule has 1 heterocycles. The first-order chi connectivity index (χ1) is 16.6. The monoisotopic (exact) mass is 543 g/mol. The molecule has 1 aromatic heterocycles. The Balaban J connectivity index is 1.83. The highest BCUT2D eigenvalue weighted by atomic mass is 79.9. The van der Waals surface area contributed by atoms with Gasteiger partial charge in [0.2, 0.25) is 11.8 Å². The van der Waals surface area contributed by atoms with Gasteiger partial charge >= 0.3 is 0 Å². The minimum Gasteiger partial charge on any atom is -0.345 e. The maximum absolute atomic E-state index is 13.9. The Labute approximate surface area is 220 Å². The Hall–Kier alpha value is -2.08. The van der Waals surface area contributed by atoms with Crippen molar-refractivity contribution in [2.75, 3.05) is 6.54 Å². The normalized spacial score (nSPS) is 15.6. The number of aromatic nitrogens is 1. The van der Waals surface area contributed by atoms with Gasteiger partial charge < -0.3 is 14.4 Å². The number of amides is 2.